The highest BCUT2D eigenvalue weighted by Crippen LogP contribution is 2.48. The van der Waals surface area contributed by atoms with Gasteiger partial charge in [0.1, 0.15) is 11.4 Å². The molecule has 4 heterocycles. The van der Waals surface area contributed by atoms with Crippen molar-refractivity contribution in [2.45, 2.75) is 12.8 Å². The second kappa shape index (κ2) is 6.90. The van der Waals surface area contributed by atoms with E-state index in [1.807, 2.05) is 30.6 Å². The Morgan fingerprint density at radius 1 is 1.52 bits per heavy atom. The molecule has 2 N–H and O–H groups in total. The lowest BCUT2D eigenvalue weighted by Crippen LogP contribution is -2.28. The van der Waals surface area contributed by atoms with E-state index in [9.17, 15) is 9.90 Å². The number of aryl methyl sites for hydroxylation is 1. The van der Waals surface area contributed by atoms with Crippen molar-refractivity contribution in [1.29, 1.82) is 0 Å². The van der Waals surface area contributed by atoms with Gasteiger partial charge in [-0.3, -0.25) is 4.79 Å². The zero-order valence-corrected chi connectivity index (χ0v) is 17.2. The van der Waals surface area contributed by atoms with Crippen LogP contribution >= 0.6 is 22.9 Å². The van der Waals surface area contributed by atoms with Crippen molar-refractivity contribution in [3.8, 4) is 5.75 Å². The molecule has 5 nitrogen and oxygen atoms in total. The number of nitrogens with one attached hydrogen (secondary N) is 1. The van der Waals surface area contributed by atoms with E-state index < -0.39 is 0 Å². The maximum Gasteiger partial charge on any atom is 0.251 e. The molecular formula is C22H18ClN3O2S. The van der Waals surface area contributed by atoms with Crippen molar-refractivity contribution in [3.05, 3.63) is 58.7 Å². The molecule has 0 saturated heterocycles. The summed E-state index contributed by atoms with van der Waals surface area (Å²) in [5, 5.41) is 14.5. The van der Waals surface area contributed by atoms with E-state index in [0.29, 0.717) is 12.4 Å². The largest absolute Gasteiger partial charge is 0.506 e. The predicted molar refractivity (Wildman–Crippen MR) is 119 cm³/mol. The number of carbonyl (C=O) groups excluding carboxylic acids is 1. The summed E-state index contributed by atoms with van der Waals surface area (Å²) in [5.74, 6) is 0.530. The lowest BCUT2D eigenvalue weighted by atomic mass is 9.97. The number of aromatic amines is 1. The number of aromatic nitrogens is 2. The Labute approximate surface area is 176 Å². The van der Waals surface area contributed by atoms with Gasteiger partial charge in [0.2, 0.25) is 0 Å². The van der Waals surface area contributed by atoms with Gasteiger partial charge in [0, 0.05) is 59.2 Å². The van der Waals surface area contributed by atoms with E-state index in [2.05, 4.69) is 9.97 Å². The van der Waals surface area contributed by atoms with Crippen molar-refractivity contribution in [3.63, 3.8) is 0 Å². The van der Waals surface area contributed by atoms with Crippen LogP contribution in [0.1, 0.15) is 22.6 Å². The second-order valence-corrected chi connectivity index (χ2v) is 8.42. The average molecular weight is 424 g/mol. The first-order valence-electron chi connectivity index (χ1n) is 9.29. The monoisotopic (exact) mass is 423 g/mol. The number of nitrogens with zero attached hydrogens (tertiary/aromatic N) is 2. The Hall–Kier alpha value is -2.83. The van der Waals surface area contributed by atoms with Crippen molar-refractivity contribution in [2.75, 3.05) is 17.3 Å². The first kappa shape index (κ1) is 18.2. The molecule has 0 saturated carbocycles. The SMILES string of the molecule is Cc1csc2c(O)cc3c(c12)[C@H](CCl)CN3C(=O)/C=C/c1c[nH]c2ncccc12. The van der Waals surface area contributed by atoms with Gasteiger partial charge in [-0.1, -0.05) is 0 Å². The molecule has 5 rings (SSSR count). The van der Waals surface area contributed by atoms with Gasteiger partial charge < -0.3 is 15.0 Å². The molecule has 0 aliphatic carbocycles. The lowest BCUT2D eigenvalue weighted by molar-refractivity contribution is -0.114. The molecule has 1 atom stereocenters. The Kier molecular flexibility index (Phi) is 4.33. The highest BCUT2D eigenvalue weighted by Gasteiger charge is 2.34. The number of carbonyl (C=O) groups is 1. The summed E-state index contributed by atoms with van der Waals surface area (Å²) in [6.45, 7) is 2.53. The number of rotatable bonds is 3. The molecule has 7 heteroatoms. The van der Waals surface area contributed by atoms with Gasteiger partial charge in [0.15, 0.2) is 0 Å². The molecule has 29 heavy (non-hydrogen) atoms. The fourth-order valence-electron chi connectivity index (χ4n) is 4.12. The molecule has 4 aromatic rings. The smallest absolute Gasteiger partial charge is 0.251 e. The minimum Gasteiger partial charge on any atom is -0.506 e. The van der Waals surface area contributed by atoms with Crippen molar-refractivity contribution >= 4 is 61.7 Å². The molecule has 1 aromatic carbocycles. The number of alkyl halides is 1. The van der Waals surface area contributed by atoms with E-state index in [4.69, 9.17) is 11.6 Å². The van der Waals surface area contributed by atoms with Crippen molar-refractivity contribution in [1.82, 2.24) is 9.97 Å². The van der Waals surface area contributed by atoms with Gasteiger partial charge in [0.05, 0.1) is 10.4 Å². The molecular weight excluding hydrogens is 406 g/mol. The van der Waals surface area contributed by atoms with E-state index >= 15 is 0 Å². The van der Waals surface area contributed by atoms with Gasteiger partial charge in [-0.15, -0.1) is 22.9 Å². The number of hydrogen-bond donors (Lipinski definition) is 2. The van der Waals surface area contributed by atoms with Gasteiger partial charge in [0.25, 0.3) is 5.91 Å². The number of phenols is 1. The molecule has 1 aliphatic rings. The minimum atomic E-state index is -0.135. The fourth-order valence-corrected chi connectivity index (χ4v) is 5.35. The molecule has 1 amide bonds. The van der Waals surface area contributed by atoms with Crippen LogP contribution in [0.25, 0.3) is 27.2 Å². The van der Waals surface area contributed by atoms with Crippen LogP contribution in [0.5, 0.6) is 5.75 Å². The first-order valence-corrected chi connectivity index (χ1v) is 10.7. The van der Waals surface area contributed by atoms with Gasteiger partial charge >= 0.3 is 0 Å². The van der Waals surface area contributed by atoms with Gasteiger partial charge in [-0.05, 0) is 41.6 Å². The van der Waals surface area contributed by atoms with Crippen LogP contribution in [0.3, 0.4) is 0 Å². The van der Waals surface area contributed by atoms with Crippen LogP contribution < -0.4 is 4.90 Å². The Morgan fingerprint density at radius 2 is 2.38 bits per heavy atom. The predicted octanol–water partition coefficient (Wildman–Crippen LogP) is 5.17. The van der Waals surface area contributed by atoms with E-state index in [0.717, 1.165) is 43.5 Å². The van der Waals surface area contributed by atoms with Crippen LogP contribution in [-0.2, 0) is 4.79 Å². The minimum absolute atomic E-state index is 0.0395. The Bertz CT molecular complexity index is 1290. The van der Waals surface area contributed by atoms with E-state index in [1.165, 1.54) is 11.3 Å². The summed E-state index contributed by atoms with van der Waals surface area (Å²) in [7, 11) is 0. The van der Waals surface area contributed by atoms with Gasteiger partial charge in [-0.25, -0.2) is 4.98 Å². The number of aromatic hydroxyl groups is 1. The molecule has 0 radical (unpaired) electrons. The first-order chi connectivity index (χ1) is 14.1. The lowest BCUT2D eigenvalue weighted by Gasteiger charge is -2.16. The number of H-pyrrole nitrogens is 1. The molecule has 1 aliphatic heterocycles. The molecule has 0 spiro atoms. The molecule has 3 aromatic heterocycles. The third-order valence-corrected chi connectivity index (χ3v) is 6.96. The number of thiophene rings is 1. The summed E-state index contributed by atoms with van der Waals surface area (Å²) in [6.07, 6.45) is 6.93. The van der Waals surface area contributed by atoms with Crippen molar-refractivity contribution < 1.29 is 9.90 Å². The number of benzene rings is 1. The zero-order valence-electron chi connectivity index (χ0n) is 15.6. The maximum absolute atomic E-state index is 13.1. The molecule has 0 unspecified atom stereocenters. The third-order valence-electron chi connectivity index (χ3n) is 5.47. The fraction of sp³-hybridized carbons (Fsp3) is 0.182. The quantitative estimate of drug-likeness (QED) is 0.352. The number of anilines is 1. The number of phenolic OH excluding ortho intramolecular Hbond substituents is 1. The normalized spacial score (nSPS) is 16.3. The summed E-state index contributed by atoms with van der Waals surface area (Å²) < 4.78 is 0.854. The summed E-state index contributed by atoms with van der Waals surface area (Å²) in [6, 6.07) is 5.53. The second-order valence-electron chi connectivity index (χ2n) is 7.23. The Morgan fingerprint density at radius 3 is 3.21 bits per heavy atom. The van der Waals surface area contributed by atoms with E-state index in [1.54, 1.807) is 29.3 Å². The zero-order chi connectivity index (χ0) is 20.1. The highest BCUT2D eigenvalue weighted by molar-refractivity contribution is 7.17. The van der Waals surface area contributed by atoms with Crippen LogP contribution in [0.2, 0.25) is 0 Å². The summed E-state index contributed by atoms with van der Waals surface area (Å²) >= 11 is 7.78. The summed E-state index contributed by atoms with van der Waals surface area (Å²) in [4.78, 5) is 22.2. The standard InChI is InChI=1S/C22H18ClN3O2S/c1-12-11-29-21-17(27)7-16-20(19(12)21)14(8-23)10-26(16)18(28)5-4-13-9-25-22-15(13)3-2-6-24-22/h2-7,9,11,14,27H,8,10H2,1H3,(H,24,25)/b5-4+/t14-/m1/s1. The Balaban J connectivity index is 1.54. The van der Waals surface area contributed by atoms with Gasteiger partial charge in [-0.2, -0.15) is 0 Å². The number of pyridine rings is 1. The number of halogens is 1. The molecule has 0 bridgehead atoms. The number of fused-ring (bicyclic) bond motifs is 4. The summed E-state index contributed by atoms with van der Waals surface area (Å²) in [5.41, 5.74) is 4.60. The maximum atomic E-state index is 13.1. The molecule has 146 valence electrons. The average Bonchev–Trinajstić information content (AvgIpc) is 3.41. The molecule has 0 fully saturated rings. The van der Waals surface area contributed by atoms with Crippen LogP contribution in [0, 0.1) is 6.92 Å². The number of hydrogen-bond acceptors (Lipinski definition) is 4. The van der Waals surface area contributed by atoms with Crippen LogP contribution in [0.4, 0.5) is 5.69 Å². The number of amides is 1. The van der Waals surface area contributed by atoms with Crippen LogP contribution in [-0.4, -0.2) is 33.4 Å². The van der Waals surface area contributed by atoms with E-state index in [-0.39, 0.29) is 17.6 Å². The van der Waals surface area contributed by atoms with Crippen LogP contribution in [0.15, 0.2) is 42.0 Å². The topological polar surface area (TPSA) is 69.2 Å². The highest BCUT2D eigenvalue weighted by atomic mass is 35.5. The third kappa shape index (κ3) is 2.82. The van der Waals surface area contributed by atoms with Crippen molar-refractivity contribution in [2.24, 2.45) is 0 Å².